The lowest BCUT2D eigenvalue weighted by molar-refractivity contribution is 0.0954. The fraction of sp³-hybridized carbons (Fsp3) is 0.267. The molecule has 2 rings (SSSR count). The maximum absolute atomic E-state index is 12.1. The fourth-order valence-corrected chi connectivity index (χ4v) is 3.47. The number of thiophene rings is 2. The van der Waals surface area contributed by atoms with Crippen LogP contribution in [0.15, 0.2) is 23.6 Å². The second kappa shape index (κ2) is 7.25. The number of nitrogens with two attached hydrogens (primary N) is 1. The summed E-state index contributed by atoms with van der Waals surface area (Å²) in [7, 11) is 0. The van der Waals surface area contributed by atoms with Gasteiger partial charge in [-0.05, 0) is 35.6 Å². The number of rotatable bonds is 4. The Hall–Kier alpha value is -1.61. The molecule has 2 heterocycles. The summed E-state index contributed by atoms with van der Waals surface area (Å²) in [5.41, 5.74) is 6.44. The van der Waals surface area contributed by atoms with Gasteiger partial charge in [0.15, 0.2) is 0 Å². The quantitative estimate of drug-likeness (QED) is 0.853. The van der Waals surface area contributed by atoms with Crippen molar-refractivity contribution in [1.82, 2.24) is 5.32 Å². The number of carbonyl (C=O) groups is 1. The molecule has 5 heteroatoms. The molecule has 0 aliphatic rings. The Morgan fingerprint density at radius 2 is 2.25 bits per heavy atom. The van der Waals surface area contributed by atoms with Crippen molar-refractivity contribution in [2.75, 3.05) is 6.54 Å². The van der Waals surface area contributed by atoms with E-state index in [1.54, 1.807) is 11.3 Å². The van der Waals surface area contributed by atoms with Crippen molar-refractivity contribution in [3.8, 4) is 11.8 Å². The molecule has 3 nitrogen and oxygen atoms in total. The van der Waals surface area contributed by atoms with Crippen LogP contribution in [0.2, 0.25) is 0 Å². The minimum absolute atomic E-state index is 0.000146. The Morgan fingerprint density at radius 1 is 1.40 bits per heavy atom. The Kier molecular flexibility index (Phi) is 5.36. The minimum atomic E-state index is -0.000146. The molecule has 0 saturated heterocycles. The fourth-order valence-electron chi connectivity index (χ4n) is 1.74. The molecule has 0 aromatic carbocycles. The molecular formula is C15H16N2OS2. The summed E-state index contributed by atoms with van der Waals surface area (Å²) in [6.07, 6.45) is 0.879. The monoisotopic (exact) mass is 304 g/mol. The van der Waals surface area contributed by atoms with E-state index in [1.165, 1.54) is 11.3 Å². The van der Waals surface area contributed by atoms with Gasteiger partial charge >= 0.3 is 0 Å². The van der Waals surface area contributed by atoms with Gasteiger partial charge in [-0.2, -0.15) is 0 Å². The third kappa shape index (κ3) is 3.70. The third-order valence-electron chi connectivity index (χ3n) is 2.73. The SMILES string of the molecule is CCc1ccsc1C(=O)NCc1ccc(C#CCN)s1. The van der Waals surface area contributed by atoms with E-state index in [-0.39, 0.29) is 5.91 Å². The summed E-state index contributed by atoms with van der Waals surface area (Å²) in [5, 5.41) is 4.91. The van der Waals surface area contributed by atoms with Gasteiger partial charge in [-0.1, -0.05) is 18.8 Å². The molecule has 0 atom stereocenters. The molecular weight excluding hydrogens is 288 g/mol. The van der Waals surface area contributed by atoms with E-state index < -0.39 is 0 Å². The molecule has 0 spiro atoms. The molecule has 104 valence electrons. The predicted molar refractivity (Wildman–Crippen MR) is 85.1 cm³/mol. The van der Waals surface area contributed by atoms with Gasteiger partial charge in [0.05, 0.1) is 22.8 Å². The predicted octanol–water partition coefficient (Wildman–Crippen LogP) is 2.61. The van der Waals surface area contributed by atoms with Crippen molar-refractivity contribution < 1.29 is 4.79 Å². The first-order chi connectivity index (χ1) is 9.74. The summed E-state index contributed by atoms with van der Waals surface area (Å²) in [5.74, 6) is 5.81. The van der Waals surface area contributed by atoms with Gasteiger partial charge in [-0.15, -0.1) is 22.7 Å². The molecule has 0 radical (unpaired) electrons. The lowest BCUT2D eigenvalue weighted by Gasteiger charge is -2.03. The van der Waals surface area contributed by atoms with Gasteiger partial charge in [0.1, 0.15) is 0 Å². The van der Waals surface area contributed by atoms with Crippen LogP contribution in [0.5, 0.6) is 0 Å². The van der Waals surface area contributed by atoms with E-state index in [4.69, 9.17) is 5.73 Å². The molecule has 0 fully saturated rings. The standard InChI is InChI=1S/C15H16N2OS2/c1-2-11-7-9-19-14(11)15(18)17-10-13-6-5-12(20-13)4-3-8-16/h5-7,9H,2,8,10,16H2,1H3,(H,17,18). The summed E-state index contributed by atoms with van der Waals surface area (Å²) < 4.78 is 0. The highest BCUT2D eigenvalue weighted by atomic mass is 32.1. The minimum Gasteiger partial charge on any atom is -0.346 e. The first kappa shape index (κ1) is 14.8. The van der Waals surface area contributed by atoms with Crippen molar-refractivity contribution in [2.45, 2.75) is 19.9 Å². The van der Waals surface area contributed by atoms with Crippen LogP contribution in [0, 0.1) is 11.8 Å². The second-order valence-corrected chi connectivity index (χ2v) is 6.17. The molecule has 2 aromatic rings. The largest absolute Gasteiger partial charge is 0.346 e. The van der Waals surface area contributed by atoms with Crippen LogP contribution in [0.1, 0.15) is 31.9 Å². The Balaban J connectivity index is 1.95. The number of amides is 1. The molecule has 0 aliphatic carbocycles. The maximum atomic E-state index is 12.1. The molecule has 2 aromatic heterocycles. The molecule has 0 unspecified atom stereocenters. The van der Waals surface area contributed by atoms with Gasteiger partial charge in [0.25, 0.3) is 5.91 Å². The maximum Gasteiger partial charge on any atom is 0.261 e. The van der Waals surface area contributed by atoms with E-state index >= 15 is 0 Å². The van der Waals surface area contributed by atoms with Crippen LogP contribution < -0.4 is 11.1 Å². The molecule has 0 saturated carbocycles. The molecule has 0 bridgehead atoms. The summed E-state index contributed by atoms with van der Waals surface area (Å²) in [4.78, 5) is 15.0. The normalized spacial score (nSPS) is 9.90. The van der Waals surface area contributed by atoms with Crippen molar-refractivity contribution in [3.63, 3.8) is 0 Å². The topological polar surface area (TPSA) is 55.1 Å². The summed E-state index contributed by atoms with van der Waals surface area (Å²) in [6.45, 7) is 2.96. The molecule has 0 aliphatic heterocycles. The lowest BCUT2D eigenvalue weighted by atomic mass is 10.2. The third-order valence-corrected chi connectivity index (χ3v) is 4.69. The molecule has 1 amide bonds. The van der Waals surface area contributed by atoms with E-state index in [0.717, 1.165) is 26.6 Å². The van der Waals surface area contributed by atoms with Crippen molar-refractivity contribution >= 4 is 28.6 Å². The first-order valence-electron chi connectivity index (χ1n) is 6.36. The average molecular weight is 304 g/mol. The van der Waals surface area contributed by atoms with Crippen LogP contribution in [0.3, 0.4) is 0 Å². The zero-order chi connectivity index (χ0) is 14.4. The highest BCUT2D eigenvalue weighted by molar-refractivity contribution is 7.12. The molecule has 20 heavy (non-hydrogen) atoms. The van der Waals surface area contributed by atoms with Gasteiger partial charge in [-0.25, -0.2) is 0 Å². The number of hydrogen-bond acceptors (Lipinski definition) is 4. The Morgan fingerprint density at radius 3 is 3.00 bits per heavy atom. The van der Waals surface area contributed by atoms with Crippen LogP contribution in [0.4, 0.5) is 0 Å². The van der Waals surface area contributed by atoms with Crippen LogP contribution in [-0.2, 0) is 13.0 Å². The van der Waals surface area contributed by atoms with E-state index in [0.29, 0.717) is 13.1 Å². The lowest BCUT2D eigenvalue weighted by Crippen LogP contribution is -2.22. The number of hydrogen-bond donors (Lipinski definition) is 2. The highest BCUT2D eigenvalue weighted by Crippen LogP contribution is 2.18. The van der Waals surface area contributed by atoms with Crippen LogP contribution in [0.25, 0.3) is 0 Å². The second-order valence-electron chi connectivity index (χ2n) is 4.08. The van der Waals surface area contributed by atoms with Crippen molar-refractivity contribution in [3.05, 3.63) is 43.8 Å². The van der Waals surface area contributed by atoms with E-state index in [1.807, 2.05) is 23.6 Å². The van der Waals surface area contributed by atoms with Crippen molar-refractivity contribution in [1.29, 1.82) is 0 Å². The average Bonchev–Trinajstić information content (AvgIpc) is 3.11. The van der Waals surface area contributed by atoms with E-state index in [9.17, 15) is 4.79 Å². The summed E-state index contributed by atoms with van der Waals surface area (Å²) in [6, 6.07) is 5.95. The Labute approximate surface area is 126 Å². The summed E-state index contributed by atoms with van der Waals surface area (Å²) >= 11 is 3.07. The van der Waals surface area contributed by atoms with Gasteiger partial charge in [0.2, 0.25) is 0 Å². The number of aryl methyl sites for hydroxylation is 1. The number of nitrogens with one attached hydrogen (secondary N) is 1. The zero-order valence-electron chi connectivity index (χ0n) is 11.2. The molecule has 3 N–H and O–H groups in total. The van der Waals surface area contributed by atoms with Gasteiger partial charge < -0.3 is 11.1 Å². The van der Waals surface area contributed by atoms with Gasteiger partial charge in [-0.3, -0.25) is 4.79 Å². The first-order valence-corrected chi connectivity index (χ1v) is 8.06. The van der Waals surface area contributed by atoms with Crippen molar-refractivity contribution in [2.24, 2.45) is 5.73 Å². The zero-order valence-corrected chi connectivity index (χ0v) is 12.9. The number of carbonyl (C=O) groups excluding carboxylic acids is 1. The van der Waals surface area contributed by atoms with E-state index in [2.05, 4.69) is 24.1 Å². The van der Waals surface area contributed by atoms with Gasteiger partial charge in [0, 0.05) is 4.88 Å². The Bertz CT molecular complexity index is 646. The van der Waals surface area contributed by atoms with Crippen LogP contribution >= 0.6 is 22.7 Å². The van der Waals surface area contributed by atoms with Crippen LogP contribution in [-0.4, -0.2) is 12.5 Å². The smallest absolute Gasteiger partial charge is 0.261 e. The highest BCUT2D eigenvalue weighted by Gasteiger charge is 2.11.